The van der Waals surface area contributed by atoms with Crippen LogP contribution in [-0.4, -0.2) is 202 Å². The van der Waals surface area contributed by atoms with Gasteiger partial charge in [-0.1, -0.05) is 53.2 Å². The second kappa shape index (κ2) is 19.8. The molecule has 4 aliphatic carbocycles. The van der Waals surface area contributed by atoms with Crippen molar-refractivity contribution in [2.45, 2.75) is 223 Å². The Balaban J connectivity index is 1.02. The third kappa shape index (κ3) is 9.24. The Morgan fingerprint density at radius 1 is 0.672 bits per heavy atom. The number of aliphatic hydroxyl groups excluding tert-OH is 12. The van der Waals surface area contributed by atoms with Crippen LogP contribution >= 0.6 is 0 Å². The molecule has 1 unspecified atom stereocenters. The van der Waals surface area contributed by atoms with Gasteiger partial charge in [-0.2, -0.15) is 0 Å². The van der Waals surface area contributed by atoms with Crippen LogP contribution in [0.5, 0.6) is 0 Å². The molecule has 0 amide bonds. The third-order valence-corrected chi connectivity index (χ3v) is 18.7. The molecule has 388 valence electrons. The lowest BCUT2D eigenvalue weighted by Crippen LogP contribution is -2.65. The van der Waals surface area contributed by atoms with Gasteiger partial charge in [0, 0.05) is 10.8 Å². The van der Waals surface area contributed by atoms with Gasteiger partial charge in [-0.15, -0.1) is 0 Å². The van der Waals surface area contributed by atoms with E-state index in [4.69, 9.17) is 28.4 Å². The van der Waals surface area contributed by atoms with E-state index in [1.54, 1.807) is 13.8 Å². The van der Waals surface area contributed by atoms with Gasteiger partial charge in [0.15, 0.2) is 18.9 Å². The molecule has 25 atom stereocenters. The number of fused-ring (bicyclic) bond motifs is 5. The highest BCUT2D eigenvalue weighted by atomic mass is 16.7. The summed E-state index contributed by atoms with van der Waals surface area (Å²) in [5.74, 6) is 0.560. The first-order valence-corrected chi connectivity index (χ1v) is 24.5. The van der Waals surface area contributed by atoms with Crippen LogP contribution < -0.4 is 0 Å². The van der Waals surface area contributed by atoms with Gasteiger partial charge >= 0.3 is 0 Å². The van der Waals surface area contributed by atoms with Gasteiger partial charge in [0.2, 0.25) is 0 Å². The first-order valence-electron chi connectivity index (χ1n) is 24.5. The second-order valence-corrected chi connectivity index (χ2v) is 23.1. The van der Waals surface area contributed by atoms with E-state index >= 15 is 0 Å². The minimum absolute atomic E-state index is 0.0188. The molecule has 0 aromatic carbocycles. The summed E-state index contributed by atoms with van der Waals surface area (Å²) in [4.78, 5) is 0. The second-order valence-electron chi connectivity index (χ2n) is 23.1. The van der Waals surface area contributed by atoms with E-state index in [2.05, 4.69) is 47.6 Å². The largest absolute Gasteiger partial charge is 0.394 e. The highest BCUT2D eigenvalue weighted by Crippen LogP contribution is 2.75. The number of hydrogen-bond donors (Lipinski definition) is 13. The molecule has 19 nitrogen and oxygen atoms in total. The highest BCUT2D eigenvalue weighted by molar-refractivity contribution is 5.32. The van der Waals surface area contributed by atoms with Crippen molar-refractivity contribution in [2.24, 2.45) is 45.3 Å². The lowest BCUT2D eigenvalue weighted by atomic mass is 9.38. The van der Waals surface area contributed by atoms with Crippen molar-refractivity contribution in [3.05, 3.63) is 11.6 Å². The Morgan fingerprint density at radius 3 is 1.79 bits per heavy atom. The molecule has 0 radical (unpaired) electrons. The van der Waals surface area contributed by atoms with E-state index in [1.165, 1.54) is 0 Å². The van der Waals surface area contributed by atoms with Crippen LogP contribution in [0.15, 0.2) is 11.6 Å². The standard InChI is InChI=1S/C48H82O19/c1-21(9-13-31(45(4,5)61)67-42-39(59)36(56)33(53)26(19-50)64-42)22-15-16-46(6)28-12-10-23-24(48(28,8)29(51)17-47(22,46)7)11-14-30(44(23,2)3)66-43-40(60)37(57)34(54)27(65-43)20-62-41-38(58)35(55)32(52)25(18-49)63-41/h10,21-22,24-43,49-61H,9,11-20H2,1-8H3/t21-,22-,24+,25-,26-,27-,28?,29+,30-,31-,32-,33-,34-,35+,36+,37+,38-,39-,40-,41-,42+,43+,46+,47-,48-/m0/s1. The fourth-order valence-corrected chi connectivity index (χ4v) is 14.2. The quantitative estimate of drug-likeness (QED) is 0.0924. The molecule has 13 N–H and O–H groups in total. The third-order valence-electron chi connectivity index (χ3n) is 18.7. The van der Waals surface area contributed by atoms with Crippen molar-refractivity contribution >= 4 is 0 Å². The number of aliphatic hydroxyl groups is 13. The minimum atomic E-state index is -1.69. The first-order chi connectivity index (χ1) is 31.2. The highest BCUT2D eigenvalue weighted by Gasteiger charge is 2.70. The SMILES string of the molecule is C[C@@H](CC[C@H](O[C@H]1O[C@@H](CO)[C@H](O)[C@@H](O)[C@@H]1O)C(C)(C)O)[C@@H]1CC[C@]2(C)C3CC=C4[C@@H](CC[C@H](O[C@H]5O[C@@H](CO[C@H]6O[C@@H](CO)[C@H](O)[C@@H](O)[C@@H]6O)[C@H](O)[C@@H](O)[C@@H]5O)C4(C)C)[C@]3(C)[C@H](O)C[C@@]12C. The monoisotopic (exact) mass is 963 g/mol. The minimum Gasteiger partial charge on any atom is -0.394 e. The molecule has 0 aromatic rings. The number of ether oxygens (including phenoxy) is 6. The summed E-state index contributed by atoms with van der Waals surface area (Å²) in [6.07, 6.45) is -16.6. The summed E-state index contributed by atoms with van der Waals surface area (Å²) in [5, 5.41) is 138. The molecule has 0 bridgehead atoms. The fourth-order valence-electron chi connectivity index (χ4n) is 14.2. The maximum Gasteiger partial charge on any atom is 0.187 e. The number of rotatable bonds is 14. The summed E-state index contributed by atoms with van der Waals surface area (Å²) in [6, 6.07) is 0. The lowest BCUT2D eigenvalue weighted by molar-refractivity contribution is -0.340. The zero-order chi connectivity index (χ0) is 49.5. The molecule has 7 aliphatic rings. The smallest absolute Gasteiger partial charge is 0.187 e. The Hall–Kier alpha value is -1.02. The van der Waals surface area contributed by atoms with Crippen LogP contribution in [-0.2, 0) is 28.4 Å². The summed E-state index contributed by atoms with van der Waals surface area (Å²) in [6.45, 7) is 14.8. The first kappa shape index (κ1) is 53.8. The zero-order valence-corrected chi connectivity index (χ0v) is 40.3. The van der Waals surface area contributed by atoms with Crippen molar-refractivity contribution in [1.29, 1.82) is 0 Å². The van der Waals surface area contributed by atoms with Crippen LogP contribution in [0.4, 0.5) is 0 Å². The van der Waals surface area contributed by atoms with Crippen molar-refractivity contribution < 1.29 is 94.8 Å². The molecule has 3 saturated heterocycles. The van der Waals surface area contributed by atoms with E-state index in [1.807, 2.05) is 0 Å². The van der Waals surface area contributed by atoms with E-state index in [9.17, 15) is 66.4 Å². The molecule has 3 aliphatic heterocycles. The van der Waals surface area contributed by atoms with Crippen LogP contribution in [0.3, 0.4) is 0 Å². The van der Waals surface area contributed by atoms with Gasteiger partial charge in [0.1, 0.15) is 73.2 Å². The Bertz CT molecular complexity index is 1710. The lowest BCUT2D eigenvalue weighted by Gasteiger charge is -2.67. The van der Waals surface area contributed by atoms with Gasteiger partial charge < -0.3 is 94.8 Å². The molecule has 7 rings (SSSR count). The van der Waals surface area contributed by atoms with Crippen LogP contribution in [0, 0.1) is 45.3 Å². The molecular formula is C48H82O19. The van der Waals surface area contributed by atoms with E-state index < -0.39 is 147 Å². The average molecular weight is 963 g/mol. The van der Waals surface area contributed by atoms with Gasteiger partial charge in [-0.05, 0) is 99.7 Å². The van der Waals surface area contributed by atoms with Crippen LogP contribution in [0.1, 0.15) is 107 Å². The predicted molar refractivity (Wildman–Crippen MR) is 235 cm³/mol. The van der Waals surface area contributed by atoms with Gasteiger partial charge in [0.25, 0.3) is 0 Å². The predicted octanol–water partition coefficient (Wildman–Crippen LogP) is -1.06. The summed E-state index contributed by atoms with van der Waals surface area (Å²) < 4.78 is 35.4. The molecule has 0 spiro atoms. The molecule has 6 fully saturated rings. The fraction of sp³-hybridized carbons (Fsp3) is 0.958. The van der Waals surface area contributed by atoms with Crippen molar-refractivity contribution in [3.63, 3.8) is 0 Å². The normalized spacial score (nSPS) is 51.0. The Kier molecular flexibility index (Phi) is 15.9. The molecule has 3 heterocycles. The zero-order valence-electron chi connectivity index (χ0n) is 40.3. The van der Waals surface area contributed by atoms with Crippen LogP contribution in [0.2, 0.25) is 0 Å². The van der Waals surface area contributed by atoms with Gasteiger partial charge in [-0.3, -0.25) is 0 Å². The Labute approximate surface area is 393 Å². The maximum atomic E-state index is 12.6. The van der Waals surface area contributed by atoms with E-state index in [-0.39, 0.29) is 34.5 Å². The molecular weight excluding hydrogens is 881 g/mol. The molecule has 3 saturated carbocycles. The molecule has 67 heavy (non-hydrogen) atoms. The summed E-state index contributed by atoms with van der Waals surface area (Å²) in [7, 11) is 0. The molecule has 19 heteroatoms. The van der Waals surface area contributed by atoms with Crippen molar-refractivity contribution in [3.8, 4) is 0 Å². The number of hydrogen-bond acceptors (Lipinski definition) is 19. The van der Waals surface area contributed by atoms with E-state index in [0.717, 1.165) is 24.8 Å². The average Bonchev–Trinajstić information content (AvgIpc) is 3.54. The maximum absolute atomic E-state index is 12.6. The topological polar surface area (TPSA) is 318 Å². The number of allylic oxidation sites excluding steroid dienone is 1. The Morgan fingerprint density at radius 2 is 1.21 bits per heavy atom. The van der Waals surface area contributed by atoms with Gasteiger partial charge in [0.05, 0.1) is 43.7 Å². The van der Waals surface area contributed by atoms with Crippen molar-refractivity contribution in [1.82, 2.24) is 0 Å². The summed E-state index contributed by atoms with van der Waals surface area (Å²) in [5.41, 5.74) is -1.65. The molecule has 0 aromatic heterocycles. The van der Waals surface area contributed by atoms with Crippen LogP contribution in [0.25, 0.3) is 0 Å². The summed E-state index contributed by atoms with van der Waals surface area (Å²) >= 11 is 0. The van der Waals surface area contributed by atoms with Gasteiger partial charge in [-0.25, -0.2) is 0 Å². The van der Waals surface area contributed by atoms with Crippen molar-refractivity contribution in [2.75, 3.05) is 19.8 Å². The van der Waals surface area contributed by atoms with E-state index in [0.29, 0.717) is 32.1 Å².